The highest BCUT2D eigenvalue weighted by molar-refractivity contribution is 5.91. The maximum absolute atomic E-state index is 10.8. The molecule has 0 saturated carbocycles. The lowest BCUT2D eigenvalue weighted by atomic mass is 10.2. The van der Waals surface area contributed by atoms with Gasteiger partial charge in [-0.2, -0.15) is 0 Å². The second kappa shape index (κ2) is 5.08. The van der Waals surface area contributed by atoms with E-state index in [1.807, 2.05) is 0 Å². The summed E-state index contributed by atoms with van der Waals surface area (Å²) in [6, 6.07) is 3.24. The number of aliphatic hydroxyl groups is 1. The number of carbonyl (C=O) groups is 1. The zero-order chi connectivity index (χ0) is 12.1. The third-order valence-electron chi connectivity index (χ3n) is 1.75. The number of hydrogen-bond donors (Lipinski definition) is 2. The van der Waals surface area contributed by atoms with Crippen LogP contribution in [-0.2, 0) is 0 Å². The van der Waals surface area contributed by atoms with E-state index in [-0.39, 0.29) is 30.2 Å². The molecule has 0 fully saturated rings. The zero-order valence-corrected chi connectivity index (χ0v) is 8.12. The molecule has 0 aliphatic carbocycles. The van der Waals surface area contributed by atoms with E-state index in [0.717, 1.165) is 12.1 Å². The Bertz CT molecular complexity index is 416. The van der Waals surface area contributed by atoms with Crippen LogP contribution in [0.25, 0.3) is 0 Å². The average Bonchev–Trinajstić information content (AvgIpc) is 2.25. The van der Waals surface area contributed by atoms with E-state index >= 15 is 0 Å². The van der Waals surface area contributed by atoms with E-state index in [1.165, 1.54) is 6.07 Å². The largest absolute Gasteiger partial charge is 0.490 e. The topological polar surface area (TPSA) is 110 Å². The predicted octanol–water partition coefficient (Wildman–Crippen LogP) is 0.664. The summed E-state index contributed by atoms with van der Waals surface area (Å²) >= 11 is 0. The smallest absolute Gasteiger partial charge is 0.339 e. The van der Waals surface area contributed by atoms with Crippen molar-refractivity contribution in [1.29, 1.82) is 0 Å². The number of ether oxygens (including phenoxy) is 1. The summed E-state index contributed by atoms with van der Waals surface area (Å²) in [6.45, 7) is -0.339. The molecule has 0 heterocycles. The van der Waals surface area contributed by atoms with Crippen LogP contribution in [0.15, 0.2) is 18.2 Å². The number of aromatic carboxylic acids is 1. The quantitative estimate of drug-likeness (QED) is 0.564. The van der Waals surface area contributed by atoms with Gasteiger partial charge < -0.3 is 14.9 Å². The van der Waals surface area contributed by atoms with Crippen molar-refractivity contribution in [2.24, 2.45) is 0 Å². The van der Waals surface area contributed by atoms with E-state index in [0.29, 0.717) is 0 Å². The Hall–Kier alpha value is -2.15. The fourth-order valence-electron chi connectivity index (χ4n) is 1.08. The van der Waals surface area contributed by atoms with Crippen LogP contribution in [0.4, 0.5) is 5.69 Å². The Morgan fingerprint density at radius 3 is 2.69 bits per heavy atom. The minimum atomic E-state index is -1.32. The summed E-state index contributed by atoms with van der Waals surface area (Å²) in [5.41, 5.74) is -0.628. The lowest BCUT2D eigenvalue weighted by molar-refractivity contribution is -0.384. The third kappa shape index (κ3) is 2.67. The van der Waals surface area contributed by atoms with Gasteiger partial charge in [-0.3, -0.25) is 10.1 Å². The summed E-state index contributed by atoms with van der Waals surface area (Å²) in [6.07, 6.45) is 0. The lowest BCUT2D eigenvalue weighted by Gasteiger charge is -2.07. The molecule has 0 amide bonds. The van der Waals surface area contributed by atoms with E-state index in [1.54, 1.807) is 0 Å². The summed E-state index contributed by atoms with van der Waals surface area (Å²) in [5, 5.41) is 27.8. The van der Waals surface area contributed by atoms with Gasteiger partial charge >= 0.3 is 5.97 Å². The molecule has 0 radical (unpaired) electrons. The highest BCUT2D eigenvalue weighted by Gasteiger charge is 2.16. The van der Waals surface area contributed by atoms with Crippen LogP contribution in [-0.4, -0.2) is 34.3 Å². The van der Waals surface area contributed by atoms with Gasteiger partial charge in [0.25, 0.3) is 5.69 Å². The molecule has 86 valence electrons. The monoisotopic (exact) mass is 227 g/mol. The van der Waals surface area contributed by atoms with Crippen molar-refractivity contribution in [2.45, 2.75) is 0 Å². The number of non-ortho nitro benzene ring substituents is 1. The van der Waals surface area contributed by atoms with Gasteiger partial charge in [0.2, 0.25) is 0 Å². The number of aliphatic hydroxyl groups excluding tert-OH is 1. The van der Waals surface area contributed by atoms with Crippen LogP contribution in [0.3, 0.4) is 0 Å². The molecule has 0 spiro atoms. The van der Waals surface area contributed by atoms with E-state index in [9.17, 15) is 14.9 Å². The van der Waals surface area contributed by atoms with Gasteiger partial charge in [0.1, 0.15) is 17.9 Å². The van der Waals surface area contributed by atoms with Gasteiger partial charge in [0.05, 0.1) is 11.5 Å². The summed E-state index contributed by atoms with van der Waals surface area (Å²) in [4.78, 5) is 20.5. The van der Waals surface area contributed by atoms with Crippen molar-refractivity contribution in [3.63, 3.8) is 0 Å². The first kappa shape index (κ1) is 11.9. The molecule has 1 aromatic carbocycles. The predicted molar refractivity (Wildman–Crippen MR) is 52.6 cm³/mol. The molecular formula is C9H9NO6. The van der Waals surface area contributed by atoms with Crippen LogP contribution < -0.4 is 4.74 Å². The van der Waals surface area contributed by atoms with Crippen LogP contribution in [0.5, 0.6) is 5.75 Å². The minimum Gasteiger partial charge on any atom is -0.490 e. The Labute approximate surface area is 90.0 Å². The van der Waals surface area contributed by atoms with Crippen molar-refractivity contribution in [2.75, 3.05) is 13.2 Å². The second-order valence-electron chi connectivity index (χ2n) is 2.81. The molecule has 0 aromatic heterocycles. The SMILES string of the molecule is O=C(O)c1cc([N+](=O)[O-])ccc1OCCO. The van der Waals surface area contributed by atoms with Gasteiger partial charge in [-0.05, 0) is 6.07 Å². The number of rotatable bonds is 5. The maximum Gasteiger partial charge on any atom is 0.339 e. The van der Waals surface area contributed by atoms with Gasteiger partial charge in [-0.1, -0.05) is 0 Å². The van der Waals surface area contributed by atoms with Crippen molar-refractivity contribution in [1.82, 2.24) is 0 Å². The molecule has 7 heteroatoms. The summed E-state index contributed by atoms with van der Waals surface area (Å²) < 4.78 is 4.93. The maximum atomic E-state index is 10.8. The number of carboxylic acid groups (broad SMARTS) is 1. The molecule has 0 bridgehead atoms. The zero-order valence-electron chi connectivity index (χ0n) is 8.12. The Morgan fingerprint density at radius 1 is 1.50 bits per heavy atom. The number of carboxylic acids is 1. The first-order valence-corrected chi connectivity index (χ1v) is 4.31. The van der Waals surface area contributed by atoms with Crippen LogP contribution >= 0.6 is 0 Å². The average molecular weight is 227 g/mol. The molecule has 0 unspecified atom stereocenters. The number of nitro groups is 1. The fourth-order valence-corrected chi connectivity index (χ4v) is 1.08. The number of nitro benzene ring substituents is 1. The molecule has 0 saturated heterocycles. The standard InChI is InChI=1S/C9H9NO6/c11-3-4-16-8-2-1-6(10(14)15)5-7(8)9(12)13/h1-2,5,11H,3-4H2,(H,12,13). The highest BCUT2D eigenvalue weighted by Crippen LogP contribution is 2.24. The highest BCUT2D eigenvalue weighted by atomic mass is 16.6. The molecule has 16 heavy (non-hydrogen) atoms. The molecule has 2 N–H and O–H groups in total. The molecule has 0 aliphatic rings. The Kier molecular flexibility index (Phi) is 3.78. The van der Waals surface area contributed by atoms with Gasteiger partial charge in [0, 0.05) is 12.1 Å². The second-order valence-corrected chi connectivity index (χ2v) is 2.81. The molecule has 1 rings (SSSR count). The van der Waals surface area contributed by atoms with E-state index in [4.69, 9.17) is 14.9 Å². The first-order chi connectivity index (χ1) is 7.56. The summed E-state index contributed by atoms with van der Waals surface area (Å²) in [5.74, 6) is -1.33. The van der Waals surface area contributed by atoms with Crippen molar-refractivity contribution in [3.8, 4) is 5.75 Å². The van der Waals surface area contributed by atoms with Crippen LogP contribution in [0.1, 0.15) is 10.4 Å². The van der Waals surface area contributed by atoms with E-state index < -0.39 is 10.9 Å². The number of nitrogens with zero attached hydrogens (tertiary/aromatic N) is 1. The number of hydrogen-bond acceptors (Lipinski definition) is 5. The Balaban J connectivity index is 3.09. The van der Waals surface area contributed by atoms with Gasteiger partial charge in [-0.15, -0.1) is 0 Å². The van der Waals surface area contributed by atoms with Gasteiger partial charge in [-0.25, -0.2) is 4.79 Å². The molecule has 1 aromatic rings. The normalized spacial score (nSPS) is 9.81. The third-order valence-corrected chi connectivity index (χ3v) is 1.75. The van der Waals surface area contributed by atoms with Crippen molar-refractivity contribution in [3.05, 3.63) is 33.9 Å². The molecule has 7 nitrogen and oxygen atoms in total. The molecule has 0 aliphatic heterocycles. The number of benzene rings is 1. The van der Waals surface area contributed by atoms with Crippen LogP contribution in [0, 0.1) is 10.1 Å². The Morgan fingerprint density at radius 2 is 2.19 bits per heavy atom. The molecule has 0 atom stereocenters. The lowest BCUT2D eigenvalue weighted by Crippen LogP contribution is -2.07. The van der Waals surface area contributed by atoms with Crippen molar-refractivity contribution < 1.29 is 24.7 Å². The first-order valence-electron chi connectivity index (χ1n) is 4.31. The summed E-state index contributed by atoms with van der Waals surface area (Å²) in [7, 11) is 0. The molecular weight excluding hydrogens is 218 g/mol. The van der Waals surface area contributed by atoms with E-state index in [2.05, 4.69) is 0 Å². The fraction of sp³-hybridized carbons (Fsp3) is 0.222. The minimum absolute atomic E-state index is 0.00727. The van der Waals surface area contributed by atoms with Crippen molar-refractivity contribution >= 4 is 11.7 Å². The van der Waals surface area contributed by atoms with Gasteiger partial charge in [0.15, 0.2) is 0 Å². The van der Waals surface area contributed by atoms with Crippen LogP contribution in [0.2, 0.25) is 0 Å².